The molecule has 2 fully saturated rings. The van der Waals surface area contributed by atoms with Crippen molar-refractivity contribution in [2.24, 2.45) is 12.5 Å². The van der Waals surface area contributed by atoms with Gasteiger partial charge in [0, 0.05) is 19.0 Å². The average Bonchev–Trinajstić information content (AvgIpc) is 3.43. The second-order valence-electron chi connectivity index (χ2n) is 8.27. The van der Waals surface area contributed by atoms with E-state index in [2.05, 4.69) is 36.5 Å². The largest absolute Gasteiger partial charge is 0.371 e. The molecule has 0 radical (unpaired) electrons. The predicted molar refractivity (Wildman–Crippen MR) is 119 cm³/mol. The van der Waals surface area contributed by atoms with E-state index in [1.54, 1.807) is 17.1 Å². The Kier molecular flexibility index (Phi) is 6.55. The summed E-state index contributed by atoms with van der Waals surface area (Å²) in [4.78, 5) is 8.72. The number of nitriles is 1. The summed E-state index contributed by atoms with van der Waals surface area (Å²) in [5.41, 5.74) is 0.396. The molecule has 0 bridgehead atoms. The van der Waals surface area contributed by atoms with E-state index in [1.165, 1.54) is 11.9 Å². The molecule has 12 heteroatoms. The fourth-order valence-electron chi connectivity index (χ4n) is 3.40. The number of halogens is 1. The van der Waals surface area contributed by atoms with E-state index < -0.39 is 0 Å². The number of fused-ring (bicyclic) bond motifs is 1. The Morgan fingerprint density at radius 1 is 1.29 bits per heavy atom. The van der Waals surface area contributed by atoms with Crippen LogP contribution in [0.1, 0.15) is 13.8 Å². The van der Waals surface area contributed by atoms with Crippen molar-refractivity contribution < 1.29 is 9.47 Å². The van der Waals surface area contributed by atoms with Crippen molar-refractivity contribution in [1.82, 2.24) is 24.5 Å². The van der Waals surface area contributed by atoms with E-state index in [-0.39, 0.29) is 29.7 Å². The van der Waals surface area contributed by atoms with Gasteiger partial charge in [0.25, 0.3) is 0 Å². The number of anilines is 3. The maximum Gasteiger partial charge on any atom is 0.229 e. The van der Waals surface area contributed by atoms with Crippen LogP contribution in [0.5, 0.6) is 0 Å². The van der Waals surface area contributed by atoms with E-state index >= 15 is 0 Å². The summed E-state index contributed by atoms with van der Waals surface area (Å²) >= 11 is 7.86. The SMILES string of the molecule is Cn1cc(Nc2ncc(Cl)c(NC3COC4C(NSCC(C)(C)C#N)COC34)n2)cn1. The highest BCUT2D eigenvalue weighted by Gasteiger charge is 2.48. The molecule has 0 amide bonds. The lowest BCUT2D eigenvalue weighted by atomic mass is 10.00. The van der Waals surface area contributed by atoms with Crippen LogP contribution in [-0.4, -0.2) is 63.0 Å². The summed E-state index contributed by atoms with van der Waals surface area (Å²) in [6.45, 7) is 4.86. The van der Waals surface area contributed by atoms with Gasteiger partial charge in [-0.2, -0.15) is 15.3 Å². The lowest BCUT2D eigenvalue weighted by Crippen LogP contribution is -2.40. The van der Waals surface area contributed by atoms with Crippen molar-refractivity contribution in [1.29, 1.82) is 5.26 Å². The van der Waals surface area contributed by atoms with Crippen molar-refractivity contribution in [3.63, 3.8) is 0 Å². The standard InChI is InChI=1S/C19H25ClN8O2S/c1-19(2,9-21)10-31-27-14-8-30-15-13(7-29-16(14)15)25-17-12(20)5-22-18(26-17)24-11-4-23-28(3)6-11/h4-6,13-16,27H,7-8,10H2,1-3H3,(H2,22,24,25,26). The fraction of sp³-hybridized carbons (Fsp3) is 0.579. The molecule has 10 nitrogen and oxygen atoms in total. The zero-order valence-corrected chi connectivity index (χ0v) is 19.1. The lowest BCUT2D eigenvalue weighted by Gasteiger charge is -2.20. The van der Waals surface area contributed by atoms with Gasteiger partial charge in [-0.25, -0.2) is 4.98 Å². The maximum absolute atomic E-state index is 9.16. The molecule has 2 aliphatic heterocycles. The molecule has 0 aromatic carbocycles. The molecule has 2 aliphatic rings. The Labute approximate surface area is 190 Å². The van der Waals surface area contributed by atoms with E-state index in [4.69, 9.17) is 26.3 Å². The van der Waals surface area contributed by atoms with Gasteiger partial charge >= 0.3 is 0 Å². The fourth-order valence-corrected chi connectivity index (χ4v) is 4.48. The van der Waals surface area contributed by atoms with Crippen molar-refractivity contribution >= 4 is 41.0 Å². The minimum absolute atomic E-state index is 0.0555. The first-order valence-corrected chi connectivity index (χ1v) is 11.3. The molecule has 4 heterocycles. The topological polar surface area (TPSA) is 122 Å². The van der Waals surface area contributed by atoms with Crippen molar-refractivity contribution in [2.45, 2.75) is 38.1 Å². The van der Waals surface area contributed by atoms with Gasteiger partial charge in [-0.05, 0) is 13.8 Å². The van der Waals surface area contributed by atoms with Gasteiger partial charge in [-0.1, -0.05) is 23.5 Å². The number of hydrogen-bond acceptors (Lipinski definition) is 10. The Balaban J connectivity index is 1.35. The van der Waals surface area contributed by atoms with E-state index in [1.807, 2.05) is 27.1 Å². The van der Waals surface area contributed by atoms with Crippen LogP contribution in [0.4, 0.5) is 17.5 Å². The molecule has 4 rings (SSSR count). The third-order valence-corrected chi connectivity index (χ3v) is 6.66. The summed E-state index contributed by atoms with van der Waals surface area (Å²) in [6, 6.07) is 2.27. The molecule has 2 aromatic heterocycles. The van der Waals surface area contributed by atoms with Gasteiger partial charge in [-0.15, -0.1) is 0 Å². The number of nitrogens with zero attached hydrogens (tertiary/aromatic N) is 5. The van der Waals surface area contributed by atoms with Crippen LogP contribution in [0.2, 0.25) is 5.02 Å². The zero-order chi connectivity index (χ0) is 22.0. The lowest BCUT2D eigenvalue weighted by molar-refractivity contribution is 0.0692. The number of aromatic nitrogens is 4. The molecule has 3 N–H and O–H groups in total. The molecule has 0 spiro atoms. The number of aryl methyl sites for hydroxylation is 1. The molecule has 2 saturated heterocycles. The Hall–Kier alpha value is -2.10. The number of ether oxygens (including phenoxy) is 2. The van der Waals surface area contributed by atoms with Crippen LogP contribution >= 0.6 is 23.5 Å². The van der Waals surface area contributed by atoms with Crippen LogP contribution in [0.25, 0.3) is 0 Å². The minimum Gasteiger partial charge on any atom is -0.371 e. The summed E-state index contributed by atoms with van der Waals surface area (Å²) < 4.78 is 17.1. The first kappa shape index (κ1) is 22.1. The number of nitrogens with one attached hydrogen (secondary N) is 3. The second kappa shape index (κ2) is 9.18. The van der Waals surface area contributed by atoms with Crippen LogP contribution in [-0.2, 0) is 16.5 Å². The molecule has 4 atom stereocenters. The first-order valence-electron chi connectivity index (χ1n) is 9.91. The second-order valence-corrected chi connectivity index (χ2v) is 9.49. The summed E-state index contributed by atoms with van der Waals surface area (Å²) in [5, 5.41) is 20.2. The van der Waals surface area contributed by atoms with E-state index in [0.29, 0.717) is 35.8 Å². The Morgan fingerprint density at radius 2 is 2.03 bits per heavy atom. The maximum atomic E-state index is 9.16. The van der Waals surface area contributed by atoms with Crippen LogP contribution in [0, 0.1) is 16.7 Å². The van der Waals surface area contributed by atoms with Crippen molar-refractivity contribution in [2.75, 3.05) is 29.6 Å². The smallest absolute Gasteiger partial charge is 0.229 e. The summed E-state index contributed by atoms with van der Waals surface area (Å²) in [5.74, 6) is 1.61. The zero-order valence-electron chi connectivity index (χ0n) is 17.5. The van der Waals surface area contributed by atoms with Gasteiger partial charge in [-0.3, -0.25) is 9.40 Å². The molecular weight excluding hydrogens is 440 g/mol. The molecule has 166 valence electrons. The molecule has 4 unspecified atom stereocenters. The highest BCUT2D eigenvalue weighted by molar-refractivity contribution is 7.97. The molecule has 2 aromatic rings. The molecular formula is C19H25ClN8O2S. The van der Waals surface area contributed by atoms with Crippen molar-refractivity contribution in [3.05, 3.63) is 23.6 Å². The van der Waals surface area contributed by atoms with Crippen LogP contribution in [0.3, 0.4) is 0 Å². The van der Waals surface area contributed by atoms with Gasteiger partial charge in [0.1, 0.15) is 17.2 Å². The average molecular weight is 465 g/mol. The quantitative estimate of drug-likeness (QED) is 0.501. The molecule has 0 aliphatic carbocycles. The van der Waals surface area contributed by atoms with Gasteiger partial charge in [0.2, 0.25) is 5.95 Å². The van der Waals surface area contributed by atoms with Crippen molar-refractivity contribution in [3.8, 4) is 6.07 Å². The highest BCUT2D eigenvalue weighted by Crippen LogP contribution is 2.32. The van der Waals surface area contributed by atoms with Crippen LogP contribution in [0.15, 0.2) is 18.6 Å². The van der Waals surface area contributed by atoms with Gasteiger partial charge < -0.3 is 20.1 Å². The molecule has 31 heavy (non-hydrogen) atoms. The normalized spacial score (nSPS) is 25.3. The highest BCUT2D eigenvalue weighted by atomic mass is 35.5. The monoisotopic (exact) mass is 464 g/mol. The third-order valence-electron chi connectivity index (χ3n) is 5.05. The van der Waals surface area contributed by atoms with E-state index in [0.717, 1.165) is 5.69 Å². The number of rotatable bonds is 8. The Bertz CT molecular complexity index is 965. The summed E-state index contributed by atoms with van der Waals surface area (Å²) in [7, 11) is 1.84. The van der Waals surface area contributed by atoms with Gasteiger partial charge in [0.05, 0.1) is 54.9 Å². The number of hydrogen-bond donors (Lipinski definition) is 3. The predicted octanol–water partition coefficient (Wildman–Crippen LogP) is 2.34. The Morgan fingerprint density at radius 3 is 2.74 bits per heavy atom. The molecule has 0 saturated carbocycles. The minimum atomic E-state index is -0.386. The first-order chi connectivity index (χ1) is 14.8. The van der Waals surface area contributed by atoms with Crippen LogP contribution < -0.4 is 15.4 Å². The third kappa shape index (κ3) is 5.22. The summed E-state index contributed by atoms with van der Waals surface area (Å²) in [6.07, 6.45) is 4.87. The van der Waals surface area contributed by atoms with E-state index in [9.17, 15) is 0 Å². The van der Waals surface area contributed by atoms with Gasteiger partial charge in [0.15, 0.2) is 5.82 Å².